The minimum absolute atomic E-state index is 0.0366. The number of carbonyl (C=O) groups is 5. The molecule has 98 heavy (non-hydrogen) atoms. The van der Waals surface area contributed by atoms with Gasteiger partial charge in [0.05, 0.1) is 108 Å². The number of hydrogen-bond donors (Lipinski definition) is 3. The Hall–Kier alpha value is -7.57. The van der Waals surface area contributed by atoms with Gasteiger partial charge >= 0.3 is 12.0 Å². The molecular weight excluding hydrogens is 1300 g/mol. The number of hydrogen-bond acceptors (Lipinski definition) is 18. The predicted octanol–water partition coefficient (Wildman–Crippen LogP) is 9.52. The summed E-state index contributed by atoms with van der Waals surface area (Å²) in [4.78, 5) is 82.4. The monoisotopic (exact) mass is 1390 g/mol. The maximum atomic E-state index is 14.1. The van der Waals surface area contributed by atoms with E-state index in [0.29, 0.717) is 152 Å². The number of carbonyl (C=O) groups excluding carboxylic acids is 5. The predicted molar refractivity (Wildman–Crippen MR) is 370 cm³/mol. The van der Waals surface area contributed by atoms with Crippen LogP contribution in [0.5, 0.6) is 6.01 Å². The molecule has 5 aliphatic heterocycles. The average molecular weight is 1390 g/mol. The van der Waals surface area contributed by atoms with Gasteiger partial charge in [-0.2, -0.15) is 15.2 Å². The summed E-state index contributed by atoms with van der Waals surface area (Å²) in [5.74, 6) is -2.15. The Labute approximate surface area is 582 Å². The number of piperazine rings is 1. The first-order chi connectivity index (χ1) is 47.8. The third kappa shape index (κ3) is 20.8. The van der Waals surface area contributed by atoms with Gasteiger partial charge < -0.3 is 63.4 Å². The number of piperidine rings is 1. The maximum Gasteiger partial charge on any atom is 0.319 e. The van der Waals surface area contributed by atoms with E-state index in [1.807, 2.05) is 36.4 Å². The summed E-state index contributed by atoms with van der Waals surface area (Å²) in [6.45, 7) is 13.9. The topological polar surface area (TPSA) is 252 Å². The van der Waals surface area contributed by atoms with Gasteiger partial charge in [-0.3, -0.25) is 29.4 Å². The lowest BCUT2D eigenvalue weighted by molar-refractivity contribution is -0.137. The van der Waals surface area contributed by atoms with Crippen LogP contribution in [0.15, 0.2) is 85.2 Å². The lowest BCUT2D eigenvalue weighted by atomic mass is 10.0. The molecule has 23 nitrogen and oxygen atoms in total. The zero-order chi connectivity index (χ0) is 68.6. The van der Waals surface area contributed by atoms with Crippen molar-refractivity contribution in [2.24, 2.45) is 0 Å². The summed E-state index contributed by atoms with van der Waals surface area (Å²) < 4.78 is 55.0. The number of benzene rings is 4. The highest BCUT2D eigenvalue weighted by molar-refractivity contribution is 6.36. The van der Waals surface area contributed by atoms with E-state index in [1.54, 1.807) is 18.2 Å². The molecule has 6 amide bonds. The third-order valence-electron chi connectivity index (χ3n) is 18.3. The van der Waals surface area contributed by atoms with Crippen molar-refractivity contribution in [3.63, 3.8) is 0 Å². The number of amides is 6. The molecule has 1 aromatic heterocycles. The quantitative estimate of drug-likeness (QED) is 0.0189. The van der Waals surface area contributed by atoms with Gasteiger partial charge in [0.1, 0.15) is 18.5 Å². The number of aromatic nitrogens is 2. The summed E-state index contributed by atoms with van der Waals surface area (Å²) >= 11 is 13.2. The standard InChI is InChI=1S/C72H90Cl2FN11O12/c1-50(75)69(89)85-27-26-84(47-57(85)21-23-76)67-60-22-25-83(63-16-9-13-53-12-8-15-61(74)66(53)63)48-62(60)79-72(81-67)98-49-58-14-10-24-82(58)28-30-93-32-34-95-36-38-97-40-39-96-37-35-94-33-31-92-29-7-5-3-2-4-6-11-51-42-55(73)44-56(43-51)78-71(91)77-45-52-17-18-59-54(41-52)46-86(70(59)90)64-19-20-65(87)80-68(64)88/h8-9,12-13,15-18,41-44,57-58,64H,1-7,10-11,14,19-22,24-40,45-49H2,(H2,77,78,91)(H,80,87,88)/t57-,58-,64?/m0/s1. The zero-order valence-electron chi connectivity index (χ0n) is 55.7. The van der Waals surface area contributed by atoms with E-state index >= 15 is 0 Å². The Morgan fingerprint density at radius 2 is 1.43 bits per heavy atom. The van der Waals surface area contributed by atoms with Crippen molar-refractivity contribution in [3.8, 4) is 12.1 Å². The molecule has 10 rings (SSSR count). The van der Waals surface area contributed by atoms with Crippen LogP contribution in [0.2, 0.25) is 10.0 Å². The number of fused-ring (bicyclic) bond motifs is 3. The molecule has 3 atom stereocenters. The number of anilines is 3. The molecule has 3 fully saturated rings. The number of halogens is 3. The number of unbranched alkanes of at least 4 members (excludes halogenated alkanes) is 5. The number of nitrogens with zero attached hydrogens (tertiary/aromatic N) is 8. The highest BCUT2D eigenvalue weighted by atomic mass is 35.5. The van der Waals surface area contributed by atoms with E-state index in [1.165, 1.54) is 9.80 Å². The molecule has 4 aromatic carbocycles. The summed E-state index contributed by atoms with van der Waals surface area (Å²) in [5.41, 5.74) is 6.60. The van der Waals surface area contributed by atoms with Gasteiger partial charge in [-0.15, -0.1) is 0 Å². The number of nitrogens with one attached hydrogen (secondary N) is 3. The normalized spacial score (nSPS) is 17.9. The van der Waals surface area contributed by atoms with Crippen LogP contribution in [0.4, 0.5) is 26.4 Å². The molecule has 26 heteroatoms. The zero-order valence-corrected chi connectivity index (χ0v) is 57.2. The molecule has 6 heterocycles. The molecule has 0 spiro atoms. The lowest BCUT2D eigenvalue weighted by Crippen LogP contribution is -2.55. The Kier molecular flexibility index (Phi) is 28.0. The summed E-state index contributed by atoms with van der Waals surface area (Å²) in [6, 6.07) is 24.0. The van der Waals surface area contributed by atoms with Crippen molar-refractivity contribution in [3.05, 3.63) is 129 Å². The van der Waals surface area contributed by atoms with E-state index in [-0.39, 0.29) is 62.4 Å². The Morgan fingerprint density at radius 1 is 0.724 bits per heavy atom. The van der Waals surface area contributed by atoms with Crippen molar-refractivity contribution in [2.75, 3.05) is 140 Å². The van der Waals surface area contributed by atoms with E-state index < -0.39 is 29.7 Å². The highest BCUT2D eigenvalue weighted by Gasteiger charge is 2.40. The summed E-state index contributed by atoms with van der Waals surface area (Å²) in [5, 5.41) is 21.0. The van der Waals surface area contributed by atoms with Crippen molar-refractivity contribution in [1.82, 2.24) is 35.3 Å². The fourth-order valence-electron chi connectivity index (χ4n) is 13.3. The van der Waals surface area contributed by atoms with Crippen LogP contribution in [-0.4, -0.2) is 198 Å². The fraction of sp³-hybridized carbons (Fsp3) is 0.528. The van der Waals surface area contributed by atoms with Crippen molar-refractivity contribution in [2.45, 2.75) is 121 Å². The third-order valence-corrected chi connectivity index (χ3v) is 18.9. The number of rotatable bonds is 38. The first-order valence-electron chi connectivity index (χ1n) is 34.3. The Balaban J connectivity index is 0.515. The van der Waals surface area contributed by atoms with E-state index in [9.17, 15) is 33.6 Å². The Bertz CT molecular complexity index is 3600. The minimum Gasteiger partial charge on any atom is -0.462 e. The van der Waals surface area contributed by atoms with Gasteiger partial charge in [0.25, 0.3) is 11.8 Å². The van der Waals surface area contributed by atoms with Crippen LogP contribution in [0.3, 0.4) is 0 Å². The first-order valence-corrected chi connectivity index (χ1v) is 35.1. The van der Waals surface area contributed by atoms with Gasteiger partial charge in [0.2, 0.25) is 11.8 Å². The van der Waals surface area contributed by atoms with Crippen LogP contribution in [0, 0.1) is 11.3 Å². The van der Waals surface area contributed by atoms with Gasteiger partial charge in [-0.25, -0.2) is 9.18 Å². The van der Waals surface area contributed by atoms with Gasteiger partial charge in [-0.05, 0) is 110 Å². The number of ether oxygens (including phenoxy) is 7. The van der Waals surface area contributed by atoms with E-state index in [2.05, 4.69) is 61.5 Å². The second kappa shape index (κ2) is 37.6. The van der Waals surface area contributed by atoms with Crippen molar-refractivity contribution in [1.29, 1.82) is 5.26 Å². The van der Waals surface area contributed by atoms with Crippen LogP contribution in [-0.2, 0) is 75.3 Å². The van der Waals surface area contributed by atoms with E-state index in [0.717, 1.165) is 115 Å². The largest absolute Gasteiger partial charge is 0.462 e. The molecule has 0 saturated carbocycles. The molecule has 3 N–H and O–H groups in total. The molecule has 0 radical (unpaired) electrons. The fourth-order valence-corrected chi connectivity index (χ4v) is 13.9. The van der Waals surface area contributed by atoms with Crippen LogP contribution >= 0.6 is 23.2 Å². The molecule has 5 aromatic rings. The average Bonchev–Trinajstić information content (AvgIpc) is 0.915. The van der Waals surface area contributed by atoms with Gasteiger partial charge in [0, 0.05) is 97.8 Å². The number of aryl methyl sites for hydroxylation is 1. The number of likely N-dealkylation sites (tertiary alicyclic amines) is 1. The van der Waals surface area contributed by atoms with Gasteiger partial charge in [-0.1, -0.05) is 91.9 Å². The molecule has 5 aliphatic rings. The molecule has 1 unspecified atom stereocenters. The van der Waals surface area contributed by atoms with Crippen LogP contribution in [0.1, 0.15) is 109 Å². The second-order valence-corrected chi connectivity index (χ2v) is 26.0. The molecular formula is C72H90Cl2FN11O12. The maximum absolute atomic E-state index is 14.1. The second-order valence-electron chi connectivity index (χ2n) is 25.1. The van der Waals surface area contributed by atoms with Crippen molar-refractivity contribution < 1.29 is 61.5 Å². The number of nitriles is 1. The minimum atomic E-state index is -1.04. The highest BCUT2D eigenvalue weighted by Crippen LogP contribution is 2.38. The van der Waals surface area contributed by atoms with E-state index in [4.69, 9.17) is 66.3 Å². The lowest BCUT2D eigenvalue weighted by Gasteiger charge is -2.42. The first kappa shape index (κ1) is 73.2. The summed E-state index contributed by atoms with van der Waals surface area (Å²) in [6.07, 6.45) is 10.4. The molecule has 0 aliphatic carbocycles. The number of imide groups is 1. The molecule has 526 valence electrons. The summed E-state index contributed by atoms with van der Waals surface area (Å²) in [7, 11) is 0. The van der Waals surface area contributed by atoms with Gasteiger partial charge in [0.15, 0.2) is 5.83 Å². The molecule has 0 bridgehead atoms. The van der Waals surface area contributed by atoms with Crippen molar-refractivity contribution >= 4 is 80.8 Å². The molecule has 3 saturated heterocycles. The smallest absolute Gasteiger partial charge is 0.319 e. The Morgan fingerprint density at radius 3 is 2.15 bits per heavy atom. The van der Waals surface area contributed by atoms with Crippen LogP contribution in [0.25, 0.3) is 10.8 Å². The van der Waals surface area contributed by atoms with Crippen LogP contribution < -0.4 is 30.5 Å². The SMILES string of the molecule is C=C(F)C(=O)N1CCN(c2nc(OC[C@@H]3CCCN3CCOCCOCCOCCOCCOCCOCCCCCCCCc3cc(Cl)cc(NC(=O)NCc4ccc5c(c4)CN(C4CCC(=O)NC4=O)C5=O)c3)nc3c2CCN(c2cccc4cccc(Cl)c24)C3)C[C@@H]1CC#N. The number of urea groups is 1.